The number of benzene rings is 2. The summed E-state index contributed by atoms with van der Waals surface area (Å²) in [5.74, 6) is -1.96. The smallest absolute Gasteiger partial charge is 0.304 e. The lowest BCUT2D eigenvalue weighted by Gasteiger charge is -2.51. The summed E-state index contributed by atoms with van der Waals surface area (Å²) in [5, 5.41) is 13.9. The molecule has 0 aliphatic carbocycles. The van der Waals surface area contributed by atoms with Crippen LogP contribution in [0.4, 0.5) is 0 Å². The minimum atomic E-state index is -1.21. The maximum absolute atomic E-state index is 14.2. The zero-order valence-electron chi connectivity index (χ0n) is 22.1. The van der Waals surface area contributed by atoms with E-state index in [9.17, 15) is 19.5 Å². The third-order valence-corrected chi connectivity index (χ3v) is 7.44. The summed E-state index contributed by atoms with van der Waals surface area (Å²) in [4.78, 5) is 41.3. The Hall–Kier alpha value is -2.57. The molecule has 1 saturated heterocycles. The zero-order valence-corrected chi connectivity index (χ0v) is 23.6. The highest BCUT2D eigenvalue weighted by Gasteiger charge is 2.53. The minimum Gasteiger partial charge on any atom is -0.481 e. The molecule has 3 rings (SSSR count). The van der Waals surface area contributed by atoms with Gasteiger partial charge in [0.2, 0.25) is 11.8 Å². The van der Waals surface area contributed by atoms with Crippen molar-refractivity contribution in [3.05, 3.63) is 69.7 Å². The Morgan fingerprint density at radius 1 is 1.11 bits per heavy atom. The molecule has 8 heteroatoms. The number of carbonyl (C=O) groups is 3. The van der Waals surface area contributed by atoms with Gasteiger partial charge in [0, 0.05) is 22.5 Å². The van der Waals surface area contributed by atoms with Crippen molar-refractivity contribution >= 4 is 41.0 Å². The third-order valence-electron chi connectivity index (χ3n) is 6.95. The van der Waals surface area contributed by atoms with Crippen molar-refractivity contribution < 1.29 is 19.5 Å². The van der Waals surface area contributed by atoms with E-state index in [4.69, 9.17) is 23.2 Å². The molecule has 1 heterocycles. The van der Waals surface area contributed by atoms with Crippen LogP contribution in [0, 0.1) is 10.8 Å². The minimum absolute atomic E-state index is 0.142. The monoisotopic (exact) mass is 546 g/mol. The molecular formula is C29H36Cl2N2O4. The summed E-state index contributed by atoms with van der Waals surface area (Å²) in [6.45, 7) is 10.1. The molecule has 4 atom stereocenters. The van der Waals surface area contributed by atoms with E-state index < -0.39 is 23.5 Å². The summed E-state index contributed by atoms with van der Waals surface area (Å²) in [7, 11) is 0. The van der Waals surface area contributed by atoms with E-state index in [1.807, 2.05) is 58.0 Å². The van der Waals surface area contributed by atoms with Gasteiger partial charge in [-0.05, 0) is 53.6 Å². The lowest BCUT2D eigenvalue weighted by Crippen LogP contribution is -2.59. The van der Waals surface area contributed by atoms with Gasteiger partial charge in [-0.2, -0.15) is 0 Å². The Balaban J connectivity index is 2.21. The number of hydrogen-bond donors (Lipinski definition) is 2. The van der Waals surface area contributed by atoms with Crippen LogP contribution >= 0.6 is 23.2 Å². The van der Waals surface area contributed by atoms with Crippen LogP contribution in [-0.4, -0.2) is 40.4 Å². The summed E-state index contributed by atoms with van der Waals surface area (Å²) >= 11 is 12.6. The Labute approximate surface area is 229 Å². The molecule has 0 aromatic heterocycles. The van der Waals surface area contributed by atoms with E-state index in [1.165, 1.54) is 0 Å². The third kappa shape index (κ3) is 6.85. The van der Waals surface area contributed by atoms with Crippen LogP contribution in [0.1, 0.15) is 77.0 Å². The van der Waals surface area contributed by atoms with Crippen LogP contribution in [0.5, 0.6) is 0 Å². The molecule has 0 saturated carbocycles. The van der Waals surface area contributed by atoms with Gasteiger partial charge in [-0.1, -0.05) is 82.1 Å². The molecule has 200 valence electrons. The van der Waals surface area contributed by atoms with Crippen molar-refractivity contribution in [1.82, 2.24) is 10.2 Å². The number of amides is 2. The highest BCUT2D eigenvalue weighted by atomic mass is 35.5. The molecule has 37 heavy (non-hydrogen) atoms. The molecule has 2 amide bonds. The lowest BCUT2D eigenvalue weighted by atomic mass is 9.67. The SMILES string of the molecule is CC[C@@H](C(=O)NCC(C)(C)C)N1C(=O)[C@](C)(CC(=O)O)C[C@H](c2cccc(Cl)c2)[C@H]1c1ccc(Cl)cc1. The average molecular weight is 548 g/mol. The first-order chi connectivity index (χ1) is 17.3. The second-order valence-electron chi connectivity index (χ2n) is 11.4. The van der Waals surface area contributed by atoms with E-state index >= 15 is 0 Å². The van der Waals surface area contributed by atoms with Crippen molar-refractivity contribution in [3.63, 3.8) is 0 Å². The molecule has 0 radical (unpaired) electrons. The maximum atomic E-state index is 14.2. The number of carboxylic acid groups (broad SMARTS) is 1. The number of piperidine rings is 1. The van der Waals surface area contributed by atoms with Gasteiger partial charge in [0.25, 0.3) is 0 Å². The van der Waals surface area contributed by atoms with Crippen molar-refractivity contribution in [1.29, 1.82) is 0 Å². The van der Waals surface area contributed by atoms with Gasteiger partial charge in [-0.25, -0.2) is 0 Å². The number of hydrogen-bond acceptors (Lipinski definition) is 3. The Morgan fingerprint density at radius 3 is 2.30 bits per heavy atom. The molecule has 2 N–H and O–H groups in total. The summed E-state index contributed by atoms with van der Waals surface area (Å²) in [5.41, 5.74) is 0.351. The van der Waals surface area contributed by atoms with Crippen molar-refractivity contribution in [3.8, 4) is 0 Å². The first kappa shape index (κ1) is 29.0. The fourth-order valence-corrected chi connectivity index (χ4v) is 5.53. The fraction of sp³-hybridized carbons (Fsp3) is 0.483. The molecular weight excluding hydrogens is 511 g/mol. The molecule has 6 nitrogen and oxygen atoms in total. The van der Waals surface area contributed by atoms with Crippen LogP contribution in [0.25, 0.3) is 0 Å². The number of carboxylic acids is 1. The number of halogens is 2. The first-order valence-electron chi connectivity index (χ1n) is 12.6. The maximum Gasteiger partial charge on any atom is 0.304 e. The second-order valence-corrected chi connectivity index (χ2v) is 12.3. The number of nitrogens with zero attached hydrogens (tertiary/aromatic N) is 1. The van der Waals surface area contributed by atoms with Crippen LogP contribution in [0.3, 0.4) is 0 Å². The number of rotatable bonds is 8. The number of aliphatic carboxylic acids is 1. The zero-order chi connectivity index (χ0) is 27.5. The number of nitrogens with one attached hydrogen (secondary N) is 1. The quantitative estimate of drug-likeness (QED) is 0.397. The van der Waals surface area contributed by atoms with Crippen LogP contribution < -0.4 is 5.32 Å². The highest BCUT2D eigenvalue weighted by molar-refractivity contribution is 6.30. The summed E-state index contributed by atoms with van der Waals surface area (Å²) < 4.78 is 0. The van der Waals surface area contributed by atoms with Gasteiger partial charge in [0.1, 0.15) is 6.04 Å². The molecule has 1 aliphatic rings. The first-order valence-corrected chi connectivity index (χ1v) is 13.3. The van der Waals surface area contributed by atoms with E-state index in [-0.39, 0.29) is 29.6 Å². The van der Waals surface area contributed by atoms with E-state index in [2.05, 4.69) is 5.32 Å². The van der Waals surface area contributed by atoms with E-state index in [0.29, 0.717) is 29.4 Å². The molecule has 0 unspecified atom stereocenters. The van der Waals surface area contributed by atoms with Gasteiger partial charge in [0.05, 0.1) is 17.9 Å². The standard InChI is InChI=1S/C29H36Cl2N2O4/c1-6-23(26(36)32-17-28(2,3)4)33-25(18-10-12-20(30)13-11-18)22(19-8-7-9-21(31)14-19)15-29(5,27(33)37)16-24(34)35/h7-14,22-23,25H,6,15-17H2,1-5H3,(H,32,36)(H,34,35)/t22-,23+,25-,29+/m1/s1. The van der Waals surface area contributed by atoms with Crippen LogP contribution in [0.15, 0.2) is 48.5 Å². The summed E-state index contributed by atoms with van der Waals surface area (Å²) in [6.07, 6.45) is 0.326. The summed E-state index contributed by atoms with van der Waals surface area (Å²) in [6, 6.07) is 13.4. The van der Waals surface area contributed by atoms with Crippen LogP contribution in [-0.2, 0) is 14.4 Å². The normalized spacial score (nSPS) is 23.0. The predicted molar refractivity (Wildman–Crippen MR) is 147 cm³/mol. The molecule has 1 aliphatic heterocycles. The highest BCUT2D eigenvalue weighted by Crippen LogP contribution is 2.52. The van der Waals surface area contributed by atoms with Gasteiger partial charge in [-0.3, -0.25) is 14.4 Å². The molecule has 0 bridgehead atoms. The molecule has 2 aromatic rings. The van der Waals surface area contributed by atoms with Gasteiger partial charge >= 0.3 is 5.97 Å². The van der Waals surface area contributed by atoms with Gasteiger partial charge in [-0.15, -0.1) is 0 Å². The lowest BCUT2D eigenvalue weighted by molar-refractivity contribution is -0.163. The van der Waals surface area contributed by atoms with E-state index in [1.54, 1.807) is 30.0 Å². The topological polar surface area (TPSA) is 86.7 Å². The number of carbonyl (C=O) groups excluding carboxylic acids is 2. The predicted octanol–water partition coefficient (Wildman–Crippen LogP) is 6.47. The molecule has 0 spiro atoms. The Morgan fingerprint density at radius 2 is 1.76 bits per heavy atom. The molecule has 2 aromatic carbocycles. The van der Waals surface area contributed by atoms with E-state index in [0.717, 1.165) is 11.1 Å². The largest absolute Gasteiger partial charge is 0.481 e. The second kappa shape index (κ2) is 11.4. The fourth-order valence-electron chi connectivity index (χ4n) is 5.20. The van der Waals surface area contributed by atoms with Gasteiger partial charge in [0.15, 0.2) is 0 Å². The van der Waals surface area contributed by atoms with Crippen molar-refractivity contribution in [2.75, 3.05) is 6.54 Å². The Kier molecular flexibility index (Phi) is 8.97. The average Bonchev–Trinajstić information content (AvgIpc) is 2.80. The van der Waals surface area contributed by atoms with Gasteiger partial charge < -0.3 is 15.3 Å². The van der Waals surface area contributed by atoms with Crippen LogP contribution in [0.2, 0.25) is 10.0 Å². The van der Waals surface area contributed by atoms with Crippen molar-refractivity contribution in [2.24, 2.45) is 10.8 Å². The van der Waals surface area contributed by atoms with Crippen molar-refractivity contribution in [2.45, 2.75) is 71.9 Å². The molecule has 1 fully saturated rings. The Bertz CT molecular complexity index is 1150. The number of likely N-dealkylation sites (tertiary alicyclic amines) is 1.